The molecule has 1 aliphatic rings. The predicted octanol–water partition coefficient (Wildman–Crippen LogP) is 7.27. The van der Waals surface area contributed by atoms with Gasteiger partial charge >= 0.3 is 5.97 Å². The summed E-state index contributed by atoms with van der Waals surface area (Å²) in [7, 11) is 0. The smallest absolute Gasteiger partial charge is 0.345 e. The summed E-state index contributed by atoms with van der Waals surface area (Å²) in [4.78, 5) is 17.0. The summed E-state index contributed by atoms with van der Waals surface area (Å²) in [5.74, 6) is -0.167. The summed E-state index contributed by atoms with van der Waals surface area (Å²) in [6, 6.07) is 14.7. The highest BCUT2D eigenvalue weighted by Crippen LogP contribution is 2.39. The van der Waals surface area contributed by atoms with Gasteiger partial charge in [-0.05, 0) is 59.0 Å². The number of thioether (sulfide) groups is 1. The maximum Gasteiger partial charge on any atom is 0.345 e. The minimum absolute atomic E-state index is 0.365. The van der Waals surface area contributed by atoms with Crippen molar-refractivity contribution in [3.8, 4) is 11.1 Å². The number of carboxylic acids is 1. The van der Waals surface area contributed by atoms with Crippen LogP contribution in [-0.4, -0.2) is 16.1 Å². The predicted molar refractivity (Wildman–Crippen MR) is 129 cm³/mol. The van der Waals surface area contributed by atoms with E-state index in [1.807, 2.05) is 10.8 Å². The van der Waals surface area contributed by atoms with Gasteiger partial charge in [0.1, 0.15) is 4.88 Å². The second-order valence-corrected chi connectivity index (χ2v) is 10.6. The third-order valence-electron chi connectivity index (χ3n) is 4.82. The first kappa shape index (κ1) is 19.8. The zero-order chi connectivity index (χ0) is 20.7. The number of aromatic nitrogens is 1. The van der Waals surface area contributed by atoms with E-state index in [9.17, 15) is 4.79 Å². The van der Waals surface area contributed by atoms with E-state index in [0.717, 1.165) is 32.3 Å². The minimum Gasteiger partial charge on any atom is -0.477 e. The van der Waals surface area contributed by atoms with E-state index < -0.39 is 5.97 Å². The molecule has 0 saturated carbocycles. The molecule has 0 unspecified atom stereocenters. The van der Waals surface area contributed by atoms with Crippen molar-refractivity contribution in [1.29, 1.82) is 0 Å². The first-order valence-electron chi connectivity index (χ1n) is 9.13. The van der Waals surface area contributed by atoms with E-state index in [2.05, 4.69) is 62.6 Å². The Morgan fingerprint density at radius 3 is 2.70 bits per heavy atom. The Labute approximate surface area is 194 Å². The van der Waals surface area contributed by atoms with E-state index in [0.29, 0.717) is 10.6 Å². The summed E-state index contributed by atoms with van der Waals surface area (Å²) in [5, 5.41) is 17.2. The highest BCUT2D eigenvalue weighted by Gasteiger charge is 2.19. The van der Waals surface area contributed by atoms with Crippen molar-refractivity contribution in [3.05, 3.63) is 79.4 Å². The van der Waals surface area contributed by atoms with E-state index in [1.165, 1.54) is 33.6 Å². The molecule has 8 heteroatoms. The number of anilines is 2. The molecule has 4 nitrogen and oxygen atoms in total. The number of thiophene rings is 1. The molecule has 2 N–H and O–H groups in total. The number of halogens is 1. The van der Waals surface area contributed by atoms with Crippen LogP contribution < -0.4 is 5.32 Å². The number of rotatable bonds is 6. The van der Waals surface area contributed by atoms with Crippen molar-refractivity contribution in [3.63, 3.8) is 0 Å². The second-order valence-electron chi connectivity index (χ2n) is 6.86. The average Bonchev–Trinajstić information content (AvgIpc) is 3.44. The van der Waals surface area contributed by atoms with E-state index in [-0.39, 0.29) is 0 Å². The van der Waals surface area contributed by atoms with Crippen molar-refractivity contribution in [1.82, 2.24) is 4.98 Å². The molecule has 0 saturated heterocycles. The Morgan fingerprint density at radius 2 is 1.90 bits per heavy atom. The summed E-state index contributed by atoms with van der Waals surface area (Å²) in [5.41, 5.74) is 7.31. The van der Waals surface area contributed by atoms with Crippen molar-refractivity contribution in [2.75, 3.05) is 5.32 Å². The van der Waals surface area contributed by atoms with Crippen LogP contribution >= 0.6 is 50.4 Å². The fraction of sp³-hybridized carbons (Fsp3) is 0.0909. The third-order valence-corrected chi connectivity index (χ3v) is 8.20. The Kier molecular flexibility index (Phi) is 5.41. The number of nitrogens with zero attached hydrogens (tertiary/aromatic N) is 1. The van der Waals surface area contributed by atoms with Crippen LogP contribution in [0.25, 0.3) is 11.1 Å². The average molecular weight is 515 g/mol. The fourth-order valence-corrected chi connectivity index (χ4v) is 6.48. The number of aromatic carboxylic acids is 1. The van der Waals surface area contributed by atoms with Gasteiger partial charge < -0.3 is 10.4 Å². The van der Waals surface area contributed by atoms with Crippen molar-refractivity contribution in [2.45, 2.75) is 17.1 Å². The van der Waals surface area contributed by atoms with Crippen LogP contribution in [0, 0.1) is 0 Å². The van der Waals surface area contributed by atoms with Gasteiger partial charge in [0, 0.05) is 31.6 Å². The fourth-order valence-electron chi connectivity index (χ4n) is 3.48. The van der Waals surface area contributed by atoms with Crippen LogP contribution in [0.2, 0.25) is 0 Å². The molecular formula is C22H15BrN2O2S3. The first-order chi connectivity index (χ1) is 14.5. The molecule has 0 aliphatic heterocycles. The highest BCUT2D eigenvalue weighted by molar-refractivity contribution is 9.10. The summed E-state index contributed by atoms with van der Waals surface area (Å²) >= 11 is 7.99. The number of benzene rings is 2. The Balaban J connectivity index is 1.25. The molecule has 0 fully saturated rings. The number of thiazole rings is 1. The molecule has 4 aromatic rings. The Morgan fingerprint density at radius 1 is 1.10 bits per heavy atom. The lowest BCUT2D eigenvalue weighted by atomic mass is 10.1. The molecular weight excluding hydrogens is 500 g/mol. The number of nitrogens with one attached hydrogen (secondary N) is 1. The molecule has 2 aromatic carbocycles. The molecule has 0 radical (unpaired) electrons. The standard InChI is InChI=1S/C22H15BrN2O2S3/c23-14-1-3-18-12(6-14)5-13-7-15(2-4-19(13)18)24-22-25-16(10-30-22)9-28-17-8-20(21(26)27)29-11-17/h1-4,6-8,10-11H,5,9H2,(H,24,25)(H,26,27). The molecule has 2 aromatic heterocycles. The van der Waals surface area contributed by atoms with Crippen LogP contribution in [0.1, 0.15) is 26.5 Å². The molecule has 0 bridgehead atoms. The Bertz CT molecular complexity index is 1270. The van der Waals surface area contributed by atoms with Crippen LogP contribution in [0.4, 0.5) is 10.8 Å². The quantitative estimate of drug-likeness (QED) is 0.233. The van der Waals surface area contributed by atoms with E-state index in [4.69, 9.17) is 5.11 Å². The summed E-state index contributed by atoms with van der Waals surface area (Å²) in [6.45, 7) is 0. The highest BCUT2D eigenvalue weighted by atomic mass is 79.9. The van der Waals surface area contributed by atoms with E-state index in [1.54, 1.807) is 29.2 Å². The number of hydrogen-bond acceptors (Lipinski definition) is 6. The lowest BCUT2D eigenvalue weighted by Crippen LogP contribution is -1.92. The molecule has 30 heavy (non-hydrogen) atoms. The molecule has 150 valence electrons. The first-order valence-corrected chi connectivity index (χ1v) is 12.7. The number of carboxylic acid groups (broad SMARTS) is 1. The van der Waals surface area contributed by atoms with Gasteiger partial charge in [0.2, 0.25) is 0 Å². The molecule has 1 aliphatic carbocycles. The van der Waals surface area contributed by atoms with Crippen LogP contribution in [0.15, 0.2) is 62.6 Å². The van der Waals surface area contributed by atoms with Crippen molar-refractivity contribution < 1.29 is 9.90 Å². The monoisotopic (exact) mass is 514 g/mol. The van der Waals surface area contributed by atoms with E-state index >= 15 is 0 Å². The van der Waals surface area contributed by atoms with Crippen molar-refractivity contribution >= 4 is 67.2 Å². The van der Waals surface area contributed by atoms with Crippen LogP contribution in [-0.2, 0) is 12.2 Å². The largest absolute Gasteiger partial charge is 0.477 e. The molecule has 0 atom stereocenters. The maximum absolute atomic E-state index is 11.0. The molecule has 2 heterocycles. The zero-order valence-electron chi connectivity index (χ0n) is 15.5. The van der Waals surface area contributed by atoms with Gasteiger partial charge in [-0.2, -0.15) is 0 Å². The summed E-state index contributed by atoms with van der Waals surface area (Å²) < 4.78 is 1.11. The lowest BCUT2D eigenvalue weighted by Gasteiger charge is -2.06. The van der Waals surface area contributed by atoms with Gasteiger partial charge in [-0.3, -0.25) is 0 Å². The summed E-state index contributed by atoms with van der Waals surface area (Å²) in [6.07, 6.45) is 0.943. The SMILES string of the molecule is O=C(O)c1cc(SCc2csc(Nc3ccc4c(c3)Cc3cc(Br)ccc3-4)n2)cs1. The number of hydrogen-bond donors (Lipinski definition) is 2. The number of fused-ring (bicyclic) bond motifs is 3. The molecule has 5 rings (SSSR count). The number of carbonyl (C=O) groups is 1. The van der Waals surface area contributed by atoms with Gasteiger partial charge in [-0.1, -0.05) is 28.1 Å². The third kappa shape index (κ3) is 4.05. The normalized spacial score (nSPS) is 11.9. The maximum atomic E-state index is 11.0. The van der Waals surface area contributed by atoms with Crippen LogP contribution in [0.5, 0.6) is 0 Å². The topological polar surface area (TPSA) is 62.2 Å². The van der Waals surface area contributed by atoms with Crippen molar-refractivity contribution in [2.24, 2.45) is 0 Å². The second kappa shape index (κ2) is 8.19. The van der Waals surface area contributed by atoms with Crippen LogP contribution in [0.3, 0.4) is 0 Å². The zero-order valence-corrected chi connectivity index (χ0v) is 19.6. The van der Waals surface area contributed by atoms with Gasteiger partial charge in [-0.15, -0.1) is 34.4 Å². The van der Waals surface area contributed by atoms with Gasteiger partial charge in [0.05, 0.1) is 5.69 Å². The molecule has 0 amide bonds. The lowest BCUT2D eigenvalue weighted by molar-refractivity contribution is 0.0702. The van der Waals surface area contributed by atoms with Gasteiger partial charge in [0.25, 0.3) is 0 Å². The van der Waals surface area contributed by atoms with Gasteiger partial charge in [-0.25, -0.2) is 9.78 Å². The Hall–Kier alpha value is -2.13. The molecule has 0 spiro atoms. The minimum atomic E-state index is -0.878. The van der Waals surface area contributed by atoms with Gasteiger partial charge in [0.15, 0.2) is 5.13 Å².